The van der Waals surface area contributed by atoms with Crippen LogP contribution in [0.25, 0.3) is 0 Å². The zero-order valence-electron chi connectivity index (χ0n) is 17.1. The molecule has 1 heterocycles. The summed E-state index contributed by atoms with van der Waals surface area (Å²) >= 11 is 0. The topological polar surface area (TPSA) is 53.6 Å². The third kappa shape index (κ3) is 4.91. The van der Waals surface area contributed by atoms with Crippen LogP contribution in [0.5, 0.6) is 5.75 Å². The third-order valence-corrected chi connectivity index (χ3v) is 5.59. The number of nitrogens with zero attached hydrogens (tertiary/aromatic N) is 1. The van der Waals surface area contributed by atoms with E-state index in [-0.39, 0.29) is 5.91 Å². The molecule has 0 bridgehead atoms. The van der Waals surface area contributed by atoms with E-state index in [2.05, 4.69) is 34.6 Å². The highest BCUT2D eigenvalue weighted by atomic mass is 16.5. The molecule has 1 saturated heterocycles. The van der Waals surface area contributed by atoms with Crippen molar-refractivity contribution in [3.63, 3.8) is 0 Å². The van der Waals surface area contributed by atoms with Crippen LogP contribution in [0.1, 0.15) is 40.2 Å². The number of likely N-dealkylation sites (tertiary alicyclic amines) is 1. The number of methoxy groups -OCH3 is 1. The average Bonchev–Trinajstić information content (AvgIpc) is 2.74. The van der Waals surface area contributed by atoms with Crippen LogP contribution < -0.4 is 15.4 Å². The number of carbonyl (C=O) groups is 1. The van der Waals surface area contributed by atoms with Gasteiger partial charge in [0.05, 0.1) is 12.7 Å². The van der Waals surface area contributed by atoms with E-state index in [0.29, 0.717) is 17.2 Å². The molecule has 0 aromatic heterocycles. The molecule has 2 aromatic carbocycles. The van der Waals surface area contributed by atoms with Gasteiger partial charge in [0.1, 0.15) is 5.75 Å². The molecule has 2 N–H and O–H groups in total. The second-order valence-corrected chi connectivity index (χ2v) is 7.45. The van der Waals surface area contributed by atoms with E-state index in [1.165, 1.54) is 18.4 Å². The van der Waals surface area contributed by atoms with Crippen molar-refractivity contribution in [1.29, 1.82) is 0 Å². The van der Waals surface area contributed by atoms with Crippen molar-refractivity contribution in [2.75, 3.05) is 45.7 Å². The number of benzene rings is 2. The summed E-state index contributed by atoms with van der Waals surface area (Å²) in [4.78, 5) is 15.2. The number of anilines is 1. The maximum atomic E-state index is 12.7. The van der Waals surface area contributed by atoms with Crippen molar-refractivity contribution in [2.45, 2.75) is 25.7 Å². The van der Waals surface area contributed by atoms with Crippen LogP contribution in [0.2, 0.25) is 0 Å². The molecule has 2 aromatic rings. The van der Waals surface area contributed by atoms with E-state index >= 15 is 0 Å². The van der Waals surface area contributed by atoms with Crippen LogP contribution in [0.15, 0.2) is 42.5 Å². The van der Waals surface area contributed by atoms with Crippen molar-refractivity contribution in [1.82, 2.24) is 10.2 Å². The normalized spacial score (nSPS) is 15.4. The zero-order valence-corrected chi connectivity index (χ0v) is 17.1. The lowest BCUT2D eigenvalue weighted by molar-refractivity contribution is 0.102. The first-order valence-corrected chi connectivity index (χ1v) is 10.0. The van der Waals surface area contributed by atoms with Gasteiger partial charge in [-0.15, -0.1) is 0 Å². The molecular weight excluding hydrogens is 350 g/mol. The lowest BCUT2D eigenvalue weighted by Gasteiger charge is -2.32. The Morgan fingerprint density at radius 2 is 1.93 bits per heavy atom. The van der Waals surface area contributed by atoms with E-state index in [0.717, 1.165) is 37.4 Å². The molecule has 1 fully saturated rings. The molecule has 0 saturated carbocycles. The minimum Gasteiger partial charge on any atom is -0.496 e. The SMILES string of the molecule is CNCCN1CCC(c2ccc(NC(=O)c3ccccc3OC)c(C)c2)CC1. The lowest BCUT2D eigenvalue weighted by atomic mass is 9.88. The number of nitrogens with one attached hydrogen (secondary N) is 2. The van der Waals surface area contributed by atoms with Crippen molar-refractivity contribution >= 4 is 11.6 Å². The molecule has 1 aliphatic heterocycles. The number of piperidine rings is 1. The van der Waals surface area contributed by atoms with Gasteiger partial charge in [0.25, 0.3) is 5.91 Å². The number of carbonyl (C=O) groups excluding carboxylic acids is 1. The maximum absolute atomic E-state index is 12.7. The maximum Gasteiger partial charge on any atom is 0.259 e. The Morgan fingerprint density at radius 1 is 1.18 bits per heavy atom. The van der Waals surface area contributed by atoms with Gasteiger partial charge in [0.2, 0.25) is 0 Å². The number of hydrogen-bond acceptors (Lipinski definition) is 4. The molecule has 1 amide bonds. The quantitative estimate of drug-likeness (QED) is 0.769. The standard InChI is InChI=1S/C23H31N3O2/c1-17-16-19(18-10-13-26(14-11-18)15-12-24-2)8-9-21(17)25-23(27)20-6-4-5-7-22(20)28-3/h4-9,16,18,24H,10-15H2,1-3H3,(H,25,27). The Kier molecular flexibility index (Phi) is 7.06. The van der Waals surface area contributed by atoms with Gasteiger partial charge in [0.15, 0.2) is 0 Å². The third-order valence-electron chi connectivity index (χ3n) is 5.59. The van der Waals surface area contributed by atoms with Gasteiger partial charge in [-0.05, 0) is 75.1 Å². The van der Waals surface area contributed by atoms with Crippen LogP contribution in [0.4, 0.5) is 5.69 Å². The highest BCUT2D eigenvalue weighted by Gasteiger charge is 2.21. The predicted octanol–water partition coefficient (Wildman–Crippen LogP) is 3.65. The number of rotatable bonds is 7. The Labute approximate surface area is 168 Å². The number of hydrogen-bond donors (Lipinski definition) is 2. The zero-order chi connectivity index (χ0) is 19.9. The summed E-state index contributed by atoms with van der Waals surface area (Å²) in [5.74, 6) is 1.04. The Morgan fingerprint density at radius 3 is 2.61 bits per heavy atom. The molecule has 0 atom stereocenters. The number of aryl methyl sites for hydroxylation is 1. The molecule has 0 radical (unpaired) electrons. The van der Waals surface area contributed by atoms with Crippen LogP contribution in [-0.4, -0.2) is 51.1 Å². The predicted molar refractivity (Wildman–Crippen MR) is 114 cm³/mol. The summed E-state index contributed by atoms with van der Waals surface area (Å²) in [6.45, 7) is 6.53. The highest BCUT2D eigenvalue weighted by Crippen LogP contribution is 2.30. The van der Waals surface area contributed by atoms with Gasteiger partial charge in [-0.2, -0.15) is 0 Å². The largest absolute Gasteiger partial charge is 0.496 e. The van der Waals surface area contributed by atoms with E-state index in [1.807, 2.05) is 25.2 Å². The number of likely N-dealkylation sites (N-methyl/N-ethyl adjacent to an activating group) is 1. The summed E-state index contributed by atoms with van der Waals surface area (Å²) < 4.78 is 5.30. The van der Waals surface area contributed by atoms with Gasteiger partial charge in [-0.1, -0.05) is 24.3 Å². The fourth-order valence-electron chi connectivity index (χ4n) is 3.86. The summed E-state index contributed by atoms with van der Waals surface area (Å²) in [6.07, 6.45) is 2.38. The second-order valence-electron chi connectivity index (χ2n) is 7.45. The van der Waals surface area contributed by atoms with Gasteiger partial charge in [-0.3, -0.25) is 4.79 Å². The molecule has 0 spiro atoms. The van der Waals surface area contributed by atoms with E-state index in [4.69, 9.17) is 4.74 Å². The van der Waals surface area contributed by atoms with Crippen LogP contribution in [0.3, 0.4) is 0 Å². The van der Waals surface area contributed by atoms with Crippen molar-refractivity contribution in [2.24, 2.45) is 0 Å². The first-order valence-electron chi connectivity index (χ1n) is 10.0. The number of amides is 1. The Balaban J connectivity index is 1.64. The van der Waals surface area contributed by atoms with Crippen LogP contribution in [-0.2, 0) is 0 Å². The fraction of sp³-hybridized carbons (Fsp3) is 0.435. The van der Waals surface area contributed by atoms with Crippen molar-refractivity contribution in [3.8, 4) is 5.75 Å². The van der Waals surface area contributed by atoms with Crippen molar-refractivity contribution in [3.05, 3.63) is 59.2 Å². The summed E-state index contributed by atoms with van der Waals surface area (Å²) in [5.41, 5.74) is 3.87. The smallest absolute Gasteiger partial charge is 0.259 e. The van der Waals surface area contributed by atoms with Crippen LogP contribution in [0, 0.1) is 6.92 Å². The van der Waals surface area contributed by atoms with E-state index < -0.39 is 0 Å². The summed E-state index contributed by atoms with van der Waals surface area (Å²) in [7, 11) is 3.58. The molecule has 1 aliphatic rings. The molecule has 3 rings (SSSR count). The lowest BCUT2D eigenvalue weighted by Crippen LogP contribution is -2.37. The minimum absolute atomic E-state index is 0.147. The summed E-state index contributed by atoms with van der Waals surface area (Å²) in [6, 6.07) is 13.7. The molecule has 5 nitrogen and oxygen atoms in total. The molecule has 0 unspecified atom stereocenters. The minimum atomic E-state index is -0.147. The summed E-state index contributed by atoms with van der Waals surface area (Å²) in [5, 5.41) is 6.25. The second kappa shape index (κ2) is 9.71. The monoisotopic (exact) mass is 381 g/mol. The van der Waals surface area contributed by atoms with Gasteiger partial charge in [0, 0.05) is 18.8 Å². The molecule has 28 heavy (non-hydrogen) atoms. The van der Waals surface area contributed by atoms with Crippen LogP contribution >= 0.6 is 0 Å². The van der Waals surface area contributed by atoms with Gasteiger partial charge < -0.3 is 20.3 Å². The van der Waals surface area contributed by atoms with Crippen molar-refractivity contribution < 1.29 is 9.53 Å². The first kappa shape index (κ1) is 20.4. The Bertz CT molecular complexity index is 798. The molecule has 150 valence electrons. The average molecular weight is 382 g/mol. The molecule has 0 aliphatic carbocycles. The van der Waals surface area contributed by atoms with Gasteiger partial charge in [-0.25, -0.2) is 0 Å². The highest BCUT2D eigenvalue weighted by molar-refractivity contribution is 6.06. The molecular formula is C23H31N3O2. The molecule has 5 heteroatoms. The Hall–Kier alpha value is -2.37. The number of ether oxygens (including phenoxy) is 1. The van der Waals surface area contributed by atoms with Gasteiger partial charge >= 0.3 is 0 Å². The number of para-hydroxylation sites is 1. The van der Waals surface area contributed by atoms with E-state index in [9.17, 15) is 4.79 Å². The first-order chi connectivity index (χ1) is 13.6. The fourth-order valence-corrected chi connectivity index (χ4v) is 3.86. The van der Waals surface area contributed by atoms with E-state index in [1.54, 1.807) is 19.2 Å².